The zero-order valence-corrected chi connectivity index (χ0v) is 10.2. The molecule has 3 nitrogen and oxygen atoms in total. The quantitative estimate of drug-likeness (QED) is 0.876. The molecule has 2 heterocycles. The molecule has 1 atom stereocenters. The average molecular weight is 241 g/mol. The molecule has 1 unspecified atom stereocenters. The standard InChI is InChI=1S/C15H15NO2/c1-2-13-7-5-11-18-15(13,17)16-10-9-12-6-3-4-8-14(12)16/h3-11,17H,2H2,1H3. The average Bonchev–Trinajstić information content (AvgIpc) is 2.83. The van der Waals surface area contributed by atoms with Crippen molar-refractivity contribution in [2.24, 2.45) is 0 Å². The van der Waals surface area contributed by atoms with Crippen LogP contribution in [0.2, 0.25) is 0 Å². The summed E-state index contributed by atoms with van der Waals surface area (Å²) in [6.45, 7) is 2.00. The fraction of sp³-hybridized carbons (Fsp3) is 0.200. The lowest BCUT2D eigenvalue weighted by Gasteiger charge is -2.33. The zero-order chi connectivity index (χ0) is 12.6. The second-order valence-corrected chi connectivity index (χ2v) is 4.34. The molecule has 1 aromatic carbocycles. The number of aromatic nitrogens is 1. The van der Waals surface area contributed by atoms with E-state index in [0.717, 1.165) is 22.9 Å². The van der Waals surface area contributed by atoms with Gasteiger partial charge in [0.25, 0.3) is 0 Å². The first-order valence-corrected chi connectivity index (χ1v) is 6.08. The number of aliphatic hydroxyl groups is 1. The van der Waals surface area contributed by atoms with Gasteiger partial charge in [-0.05, 0) is 30.0 Å². The number of fused-ring (bicyclic) bond motifs is 1. The fourth-order valence-corrected chi connectivity index (χ4v) is 2.38. The number of hydrogen-bond donors (Lipinski definition) is 1. The molecule has 1 aliphatic rings. The second kappa shape index (κ2) is 4.03. The van der Waals surface area contributed by atoms with Gasteiger partial charge in [0, 0.05) is 11.8 Å². The van der Waals surface area contributed by atoms with Crippen LogP contribution >= 0.6 is 0 Å². The summed E-state index contributed by atoms with van der Waals surface area (Å²) < 4.78 is 7.26. The lowest BCUT2D eigenvalue weighted by Crippen LogP contribution is -2.37. The van der Waals surface area contributed by atoms with Crippen LogP contribution in [-0.2, 0) is 10.6 Å². The Morgan fingerprint density at radius 2 is 2.11 bits per heavy atom. The van der Waals surface area contributed by atoms with Crippen LogP contribution in [0.5, 0.6) is 0 Å². The molecule has 3 heteroatoms. The van der Waals surface area contributed by atoms with Gasteiger partial charge in [-0.25, -0.2) is 0 Å². The predicted molar refractivity (Wildman–Crippen MR) is 70.7 cm³/mol. The third-order valence-corrected chi connectivity index (χ3v) is 3.33. The minimum absolute atomic E-state index is 0.730. The monoisotopic (exact) mass is 241 g/mol. The van der Waals surface area contributed by atoms with Crippen LogP contribution < -0.4 is 0 Å². The molecular formula is C15H15NO2. The van der Waals surface area contributed by atoms with Gasteiger partial charge in [0.2, 0.25) is 0 Å². The van der Waals surface area contributed by atoms with E-state index < -0.39 is 5.91 Å². The molecule has 0 radical (unpaired) electrons. The molecule has 0 fully saturated rings. The summed E-state index contributed by atoms with van der Waals surface area (Å²) in [7, 11) is 0. The van der Waals surface area contributed by atoms with E-state index in [2.05, 4.69) is 0 Å². The van der Waals surface area contributed by atoms with Gasteiger partial charge in [0.15, 0.2) is 0 Å². The van der Waals surface area contributed by atoms with Gasteiger partial charge < -0.3 is 9.84 Å². The van der Waals surface area contributed by atoms with E-state index in [1.54, 1.807) is 10.6 Å². The third kappa shape index (κ3) is 1.48. The van der Waals surface area contributed by atoms with Crippen molar-refractivity contribution >= 4 is 10.9 Å². The molecular weight excluding hydrogens is 226 g/mol. The van der Waals surface area contributed by atoms with Gasteiger partial charge >= 0.3 is 5.91 Å². The van der Waals surface area contributed by atoms with Crippen molar-refractivity contribution < 1.29 is 9.84 Å². The van der Waals surface area contributed by atoms with E-state index in [1.807, 2.05) is 49.5 Å². The summed E-state index contributed by atoms with van der Waals surface area (Å²) in [6, 6.07) is 9.90. The van der Waals surface area contributed by atoms with Gasteiger partial charge in [-0.3, -0.25) is 4.57 Å². The number of nitrogens with zero attached hydrogens (tertiary/aromatic N) is 1. The summed E-state index contributed by atoms with van der Waals surface area (Å²) >= 11 is 0. The van der Waals surface area contributed by atoms with Crippen LogP contribution in [0.4, 0.5) is 0 Å². The lowest BCUT2D eigenvalue weighted by atomic mass is 10.1. The Balaban J connectivity index is 2.19. The summed E-state index contributed by atoms with van der Waals surface area (Å²) in [5.41, 5.74) is 1.79. The molecule has 2 aromatic rings. The maximum atomic E-state index is 10.8. The highest BCUT2D eigenvalue weighted by molar-refractivity contribution is 5.80. The molecule has 0 spiro atoms. The van der Waals surface area contributed by atoms with Gasteiger partial charge in [0.1, 0.15) is 0 Å². The summed E-state index contributed by atoms with van der Waals surface area (Å²) in [5, 5.41) is 11.9. The molecule has 0 bridgehead atoms. The van der Waals surface area contributed by atoms with E-state index in [4.69, 9.17) is 4.74 Å². The number of para-hydroxylation sites is 1. The van der Waals surface area contributed by atoms with Gasteiger partial charge in [-0.15, -0.1) is 0 Å². The van der Waals surface area contributed by atoms with Crippen LogP contribution in [0.3, 0.4) is 0 Å². The number of rotatable bonds is 2. The lowest BCUT2D eigenvalue weighted by molar-refractivity contribution is -0.202. The Labute approximate surface area is 106 Å². The molecule has 0 saturated heterocycles. The first-order valence-electron chi connectivity index (χ1n) is 6.08. The Morgan fingerprint density at radius 3 is 2.94 bits per heavy atom. The normalized spacial score (nSPS) is 22.9. The smallest absolute Gasteiger partial charge is 0.320 e. The Kier molecular flexibility index (Phi) is 2.49. The van der Waals surface area contributed by atoms with Crippen LogP contribution in [0, 0.1) is 0 Å². The maximum absolute atomic E-state index is 10.8. The largest absolute Gasteiger partial charge is 0.448 e. The van der Waals surface area contributed by atoms with Gasteiger partial charge in [-0.2, -0.15) is 0 Å². The van der Waals surface area contributed by atoms with Crippen molar-refractivity contribution in [3.8, 4) is 0 Å². The molecule has 0 amide bonds. The van der Waals surface area contributed by atoms with Crippen LogP contribution in [-0.4, -0.2) is 9.67 Å². The molecule has 3 rings (SSSR count). The van der Waals surface area contributed by atoms with Crippen molar-refractivity contribution in [3.63, 3.8) is 0 Å². The summed E-state index contributed by atoms with van der Waals surface area (Å²) in [4.78, 5) is 0. The van der Waals surface area contributed by atoms with E-state index in [9.17, 15) is 5.11 Å². The zero-order valence-electron chi connectivity index (χ0n) is 10.2. The SMILES string of the molecule is CCC1=CC=COC1(O)n1ccc2ccccc21. The number of benzene rings is 1. The number of hydrogen-bond acceptors (Lipinski definition) is 2. The molecule has 0 saturated carbocycles. The molecule has 0 aliphatic carbocycles. The van der Waals surface area contributed by atoms with Crippen LogP contribution in [0.25, 0.3) is 10.9 Å². The van der Waals surface area contributed by atoms with Gasteiger partial charge in [-0.1, -0.05) is 31.2 Å². The minimum Gasteiger partial charge on any atom is -0.448 e. The molecule has 1 aromatic heterocycles. The van der Waals surface area contributed by atoms with E-state index in [-0.39, 0.29) is 0 Å². The summed E-state index contributed by atoms with van der Waals surface area (Å²) in [6.07, 6.45) is 7.81. The minimum atomic E-state index is -1.41. The third-order valence-electron chi connectivity index (χ3n) is 3.33. The highest BCUT2D eigenvalue weighted by Crippen LogP contribution is 2.33. The Bertz CT molecular complexity index is 639. The predicted octanol–water partition coefficient (Wildman–Crippen LogP) is 3.12. The number of allylic oxidation sites excluding steroid dienone is 2. The first kappa shape index (κ1) is 11.1. The van der Waals surface area contributed by atoms with E-state index in [0.29, 0.717) is 0 Å². The Morgan fingerprint density at radius 1 is 1.28 bits per heavy atom. The molecule has 1 aliphatic heterocycles. The molecule has 92 valence electrons. The maximum Gasteiger partial charge on any atom is 0.320 e. The van der Waals surface area contributed by atoms with Crippen molar-refractivity contribution in [3.05, 3.63) is 60.5 Å². The van der Waals surface area contributed by atoms with Crippen molar-refractivity contribution in [2.45, 2.75) is 19.3 Å². The Hall–Kier alpha value is -2.00. The highest BCUT2D eigenvalue weighted by atomic mass is 16.6. The fourth-order valence-electron chi connectivity index (χ4n) is 2.38. The van der Waals surface area contributed by atoms with Crippen molar-refractivity contribution in [1.82, 2.24) is 4.57 Å². The van der Waals surface area contributed by atoms with Crippen LogP contribution in [0.1, 0.15) is 13.3 Å². The topological polar surface area (TPSA) is 34.4 Å². The van der Waals surface area contributed by atoms with E-state index >= 15 is 0 Å². The molecule has 18 heavy (non-hydrogen) atoms. The first-order chi connectivity index (χ1) is 8.75. The number of ether oxygens (including phenoxy) is 1. The van der Waals surface area contributed by atoms with Crippen LogP contribution in [0.15, 0.2) is 60.5 Å². The van der Waals surface area contributed by atoms with Crippen molar-refractivity contribution in [2.75, 3.05) is 0 Å². The second-order valence-electron chi connectivity index (χ2n) is 4.34. The molecule has 1 N–H and O–H groups in total. The van der Waals surface area contributed by atoms with E-state index in [1.165, 1.54) is 6.26 Å². The highest BCUT2D eigenvalue weighted by Gasteiger charge is 2.36. The van der Waals surface area contributed by atoms with Crippen molar-refractivity contribution in [1.29, 1.82) is 0 Å². The summed E-state index contributed by atoms with van der Waals surface area (Å²) in [5.74, 6) is -1.41. The van der Waals surface area contributed by atoms with Gasteiger partial charge in [0.05, 0.1) is 11.8 Å².